The first-order chi connectivity index (χ1) is 21.8. The lowest BCUT2D eigenvalue weighted by atomic mass is 10.0. The van der Waals surface area contributed by atoms with Gasteiger partial charge < -0.3 is 0 Å². The summed E-state index contributed by atoms with van der Waals surface area (Å²) in [5.41, 5.74) is 0. The van der Waals surface area contributed by atoms with Crippen molar-refractivity contribution in [3.63, 3.8) is 0 Å². The molecule has 0 aliphatic rings. The van der Waals surface area contributed by atoms with Crippen molar-refractivity contribution in [1.82, 2.24) is 4.57 Å². The minimum Gasteiger partial charge on any atom is -0.234 e. The highest BCUT2D eigenvalue weighted by Crippen LogP contribution is 2.16. The van der Waals surface area contributed by atoms with Gasteiger partial charge in [-0.2, -0.15) is 0 Å². The standard InChI is InChI=1S/C42H83N2/c1-4-7-10-13-15-17-19-21-23-25-27-29-31-33-36-39-44-41-40-43(42(44)37-34-12-9-6-3)38-35-32-30-28-26-24-22-20-18-16-14-11-8-5-2/h40-41H,4-39H2,1-3H3/q+1. The molecule has 1 aromatic heterocycles. The summed E-state index contributed by atoms with van der Waals surface area (Å²) in [7, 11) is 0. The molecule has 0 atom stereocenters. The summed E-state index contributed by atoms with van der Waals surface area (Å²) in [4.78, 5) is 0. The molecule has 0 aliphatic carbocycles. The van der Waals surface area contributed by atoms with Gasteiger partial charge in [0.2, 0.25) is 0 Å². The van der Waals surface area contributed by atoms with E-state index in [2.05, 4.69) is 42.3 Å². The van der Waals surface area contributed by atoms with Crippen LogP contribution in [0.5, 0.6) is 0 Å². The number of unbranched alkanes of at least 4 members (excludes halogenated alkanes) is 30. The summed E-state index contributed by atoms with van der Waals surface area (Å²) in [6.45, 7) is 9.41. The van der Waals surface area contributed by atoms with E-state index in [9.17, 15) is 0 Å². The molecule has 0 fully saturated rings. The van der Waals surface area contributed by atoms with Gasteiger partial charge in [-0.15, -0.1) is 0 Å². The van der Waals surface area contributed by atoms with E-state index < -0.39 is 0 Å². The topological polar surface area (TPSA) is 8.81 Å². The van der Waals surface area contributed by atoms with Crippen LogP contribution in [0, 0.1) is 0 Å². The monoisotopic (exact) mass is 616 g/mol. The highest BCUT2D eigenvalue weighted by molar-refractivity contribution is 4.84. The molecule has 44 heavy (non-hydrogen) atoms. The maximum absolute atomic E-state index is 2.62. The summed E-state index contributed by atoms with van der Waals surface area (Å²) < 4.78 is 5.25. The summed E-state index contributed by atoms with van der Waals surface area (Å²) >= 11 is 0. The quantitative estimate of drug-likeness (QED) is 0.0524. The molecule has 0 saturated heterocycles. The Kier molecular flexibility index (Phi) is 31.5. The predicted octanol–water partition coefficient (Wildman–Crippen LogP) is 14.3. The molecule has 0 amide bonds. The normalized spacial score (nSPS) is 11.6. The van der Waals surface area contributed by atoms with Crippen molar-refractivity contribution in [2.45, 2.75) is 252 Å². The highest BCUT2D eigenvalue weighted by atomic mass is 15.1. The minimum absolute atomic E-state index is 1.23. The number of hydrogen-bond acceptors (Lipinski definition) is 0. The second-order valence-corrected chi connectivity index (χ2v) is 14.5. The fraction of sp³-hybridized carbons (Fsp3) is 0.929. The maximum Gasteiger partial charge on any atom is 0.256 e. The van der Waals surface area contributed by atoms with Crippen LogP contribution in [0.3, 0.4) is 0 Å². The van der Waals surface area contributed by atoms with Gasteiger partial charge in [0.05, 0.1) is 13.1 Å². The Morgan fingerprint density at radius 1 is 0.386 bits per heavy atom. The summed E-state index contributed by atoms with van der Waals surface area (Å²) in [5.74, 6) is 1.61. The van der Waals surface area contributed by atoms with Crippen LogP contribution in [-0.2, 0) is 19.5 Å². The molecular formula is C42H83N2+. The number of aromatic nitrogens is 2. The molecule has 1 aromatic rings. The van der Waals surface area contributed by atoms with E-state index in [4.69, 9.17) is 0 Å². The van der Waals surface area contributed by atoms with Crippen LogP contribution in [-0.4, -0.2) is 4.57 Å². The van der Waals surface area contributed by atoms with Gasteiger partial charge in [0, 0.05) is 6.42 Å². The van der Waals surface area contributed by atoms with Crippen molar-refractivity contribution in [2.75, 3.05) is 0 Å². The SMILES string of the molecule is CCCCCCCCCCCCCCCCC[n+]1ccn(CCCCCCCCCCCCCCCC)c1CCCCCC. The first kappa shape index (κ1) is 41.2. The minimum atomic E-state index is 1.23. The van der Waals surface area contributed by atoms with Crippen LogP contribution in [0.1, 0.15) is 238 Å². The van der Waals surface area contributed by atoms with Gasteiger partial charge in [0.25, 0.3) is 5.82 Å². The molecule has 0 aromatic carbocycles. The second kappa shape index (κ2) is 33.6. The van der Waals surface area contributed by atoms with Gasteiger partial charge in [0.1, 0.15) is 12.4 Å². The first-order valence-corrected chi connectivity index (χ1v) is 20.9. The number of hydrogen-bond donors (Lipinski definition) is 0. The van der Waals surface area contributed by atoms with Gasteiger partial charge >= 0.3 is 0 Å². The number of imidazole rings is 1. The molecule has 2 heteroatoms. The third-order valence-electron chi connectivity index (χ3n) is 10.1. The lowest BCUT2D eigenvalue weighted by Crippen LogP contribution is -2.37. The fourth-order valence-electron chi connectivity index (χ4n) is 7.03. The third kappa shape index (κ3) is 25.4. The van der Waals surface area contributed by atoms with Gasteiger partial charge in [0.15, 0.2) is 0 Å². The van der Waals surface area contributed by atoms with Crippen LogP contribution in [0.15, 0.2) is 12.4 Å². The summed E-state index contributed by atoms with van der Waals surface area (Å²) in [6.07, 6.45) is 53.4. The van der Waals surface area contributed by atoms with Crippen molar-refractivity contribution >= 4 is 0 Å². The van der Waals surface area contributed by atoms with Crippen molar-refractivity contribution in [3.8, 4) is 0 Å². The Hall–Kier alpha value is -0.790. The lowest BCUT2D eigenvalue weighted by molar-refractivity contribution is -0.704. The summed E-state index contributed by atoms with van der Waals surface area (Å²) in [5, 5.41) is 0. The predicted molar refractivity (Wildman–Crippen MR) is 198 cm³/mol. The Morgan fingerprint density at radius 2 is 0.705 bits per heavy atom. The zero-order chi connectivity index (χ0) is 31.6. The molecule has 0 spiro atoms. The number of rotatable bonds is 36. The van der Waals surface area contributed by atoms with E-state index in [0.717, 1.165) is 0 Å². The van der Waals surface area contributed by atoms with Crippen LogP contribution >= 0.6 is 0 Å². The van der Waals surface area contributed by atoms with E-state index in [1.54, 1.807) is 5.82 Å². The first-order valence-electron chi connectivity index (χ1n) is 20.9. The van der Waals surface area contributed by atoms with Crippen molar-refractivity contribution in [3.05, 3.63) is 18.2 Å². The average molecular weight is 616 g/mol. The Labute approximate surface area is 279 Å². The van der Waals surface area contributed by atoms with Crippen molar-refractivity contribution in [2.24, 2.45) is 0 Å². The zero-order valence-electron chi connectivity index (χ0n) is 31.0. The molecule has 1 rings (SSSR count). The molecule has 260 valence electrons. The van der Waals surface area contributed by atoms with Crippen LogP contribution in [0.2, 0.25) is 0 Å². The Morgan fingerprint density at radius 3 is 1.09 bits per heavy atom. The van der Waals surface area contributed by atoms with E-state index in [1.807, 2.05) is 0 Å². The largest absolute Gasteiger partial charge is 0.256 e. The molecule has 0 saturated carbocycles. The third-order valence-corrected chi connectivity index (χ3v) is 10.1. The zero-order valence-corrected chi connectivity index (χ0v) is 31.0. The van der Waals surface area contributed by atoms with Crippen LogP contribution in [0.25, 0.3) is 0 Å². The molecule has 0 aliphatic heterocycles. The smallest absolute Gasteiger partial charge is 0.234 e. The van der Waals surface area contributed by atoms with E-state index in [1.165, 1.54) is 231 Å². The highest BCUT2D eigenvalue weighted by Gasteiger charge is 2.16. The van der Waals surface area contributed by atoms with Crippen molar-refractivity contribution < 1.29 is 4.57 Å². The molecule has 0 unspecified atom stereocenters. The van der Waals surface area contributed by atoms with Gasteiger partial charge in [-0.1, -0.05) is 201 Å². The molecular weight excluding hydrogens is 532 g/mol. The lowest BCUT2D eigenvalue weighted by Gasteiger charge is -2.07. The fourth-order valence-corrected chi connectivity index (χ4v) is 7.03. The Balaban J connectivity index is 2.13. The van der Waals surface area contributed by atoms with Gasteiger partial charge in [-0.3, -0.25) is 0 Å². The van der Waals surface area contributed by atoms with Crippen LogP contribution in [0.4, 0.5) is 0 Å². The molecule has 2 nitrogen and oxygen atoms in total. The molecule has 1 heterocycles. The van der Waals surface area contributed by atoms with E-state index in [-0.39, 0.29) is 0 Å². The second-order valence-electron chi connectivity index (χ2n) is 14.5. The molecule has 0 radical (unpaired) electrons. The summed E-state index contributed by atoms with van der Waals surface area (Å²) in [6, 6.07) is 0. The average Bonchev–Trinajstić information content (AvgIpc) is 3.42. The Bertz CT molecular complexity index is 677. The van der Waals surface area contributed by atoms with Crippen molar-refractivity contribution in [1.29, 1.82) is 0 Å². The molecule has 0 bridgehead atoms. The van der Waals surface area contributed by atoms with Gasteiger partial charge in [-0.05, 0) is 32.1 Å². The maximum atomic E-state index is 2.62. The van der Waals surface area contributed by atoms with E-state index in [0.29, 0.717) is 0 Å². The number of aryl methyl sites for hydroxylation is 2. The van der Waals surface area contributed by atoms with E-state index >= 15 is 0 Å². The number of nitrogens with zero attached hydrogens (tertiary/aromatic N) is 2. The van der Waals surface area contributed by atoms with Crippen LogP contribution < -0.4 is 4.57 Å². The molecule has 0 N–H and O–H groups in total. The van der Waals surface area contributed by atoms with Gasteiger partial charge in [-0.25, -0.2) is 9.13 Å².